The predicted molar refractivity (Wildman–Crippen MR) is 65.7 cm³/mol. The van der Waals surface area contributed by atoms with Crippen LogP contribution in [0, 0.1) is 17.3 Å². The van der Waals surface area contributed by atoms with Gasteiger partial charge in [0.05, 0.1) is 0 Å². The molecule has 2 nitrogen and oxygen atoms in total. The Morgan fingerprint density at radius 2 is 1.33 bits per heavy atom. The van der Waals surface area contributed by atoms with Gasteiger partial charge in [-0.2, -0.15) is 0 Å². The minimum absolute atomic E-state index is 0.260. The molecule has 90 valence electrons. The minimum Gasteiger partial charge on any atom is -0.342 e. The Balaban J connectivity index is 4.55. The van der Waals surface area contributed by atoms with Crippen LogP contribution in [0.2, 0.25) is 0 Å². The minimum atomic E-state index is -0.260. The first kappa shape index (κ1) is 14.5. The average molecular weight is 213 g/mol. The number of hydrogen-bond donors (Lipinski definition) is 0. The van der Waals surface area contributed by atoms with Crippen LogP contribution < -0.4 is 0 Å². The molecule has 0 bridgehead atoms. The van der Waals surface area contributed by atoms with Crippen LogP contribution in [0.3, 0.4) is 0 Å². The molecule has 1 amide bonds. The van der Waals surface area contributed by atoms with Crippen molar-refractivity contribution >= 4 is 5.91 Å². The Morgan fingerprint density at radius 1 is 1.00 bits per heavy atom. The summed E-state index contributed by atoms with van der Waals surface area (Å²) in [6, 6.07) is 0. The molecule has 0 N–H and O–H groups in total. The van der Waals surface area contributed by atoms with Crippen LogP contribution in [-0.4, -0.2) is 23.9 Å². The number of hydrogen-bond acceptors (Lipinski definition) is 1. The van der Waals surface area contributed by atoms with E-state index < -0.39 is 0 Å². The van der Waals surface area contributed by atoms with Gasteiger partial charge in [-0.05, 0) is 11.8 Å². The third kappa shape index (κ3) is 5.81. The van der Waals surface area contributed by atoms with E-state index in [1.54, 1.807) is 0 Å². The normalized spacial score (nSPS) is 12.3. The highest BCUT2D eigenvalue weighted by molar-refractivity contribution is 5.81. The summed E-state index contributed by atoms with van der Waals surface area (Å²) in [6.45, 7) is 16.3. The number of nitrogens with zero attached hydrogens (tertiary/aromatic N) is 1. The maximum absolute atomic E-state index is 12.2. The molecular weight excluding hydrogens is 186 g/mol. The van der Waals surface area contributed by atoms with Crippen molar-refractivity contribution in [3.05, 3.63) is 0 Å². The van der Waals surface area contributed by atoms with Gasteiger partial charge in [0.25, 0.3) is 0 Å². The molecule has 0 heterocycles. The first-order chi connectivity index (χ1) is 6.64. The number of amides is 1. The van der Waals surface area contributed by atoms with Gasteiger partial charge in [-0.1, -0.05) is 48.5 Å². The molecule has 0 rings (SSSR count). The highest BCUT2D eigenvalue weighted by Gasteiger charge is 2.27. The van der Waals surface area contributed by atoms with Crippen LogP contribution in [0.1, 0.15) is 48.5 Å². The first-order valence-corrected chi connectivity index (χ1v) is 5.94. The maximum atomic E-state index is 12.2. The second-order valence-electron chi connectivity index (χ2n) is 6.25. The molecule has 0 aliphatic carbocycles. The van der Waals surface area contributed by atoms with Crippen LogP contribution in [0.15, 0.2) is 0 Å². The summed E-state index contributed by atoms with van der Waals surface area (Å²) in [7, 11) is 0. The largest absolute Gasteiger partial charge is 0.342 e. The van der Waals surface area contributed by atoms with Gasteiger partial charge >= 0.3 is 0 Å². The van der Waals surface area contributed by atoms with Gasteiger partial charge in [0.1, 0.15) is 0 Å². The standard InChI is InChI=1S/C13H27NO/c1-10(2)8-14(9-11(3)4)12(15)13(5,6)7/h10-11H,8-9H2,1-7H3. The lowest BCUT2D eigenvalue weighted by molar-refractivity contribution is -0.140. The number of carbonyl (C=O) groups is 1. The van der Waals surface area contributed by atoms with Crippen molar-refractivity contribution in [2.45, 2.75) is 48.5 Å². The van der Waals surface area contributed by atoms with Crippen LogP contribution in [0.25, 0.3) is 0 Å². The van der Waals surface area contributed by atoms with E-state index in [1.165, 1.54) is 0 Å². The van der Waals surface area contributed by atoms with Crippen molar-refractivity contribution in [3.8, 4) is 0 Å². The van der Waals surface area contributed by atoms with Crippen molar-refractivity contribution < 1.29 is 4.79 Å². The molecule has 0 aromatic carbocycles. The molecule has 0 saturated carbocycles. The molecular formula is C13H27NO. The molecule has 0 fully saturated rings. The van der Waals surface area contributed by atoms with Crippen LogP contribution in [0.4, 0.5) is 0 Å². The van der Waals surface area contributed by atoms with E-state index in [1.807, 2.05) is 25.7 Å². The summed E-state index contributed by atoms with van der Waals surface area (Å²) in [5, 5.41) is 0. The number of rotatable bonds is 4. The summed E-state index contributed by atoms with van der Waals surface area (Å²) in [4.78, 5) is 14.2. The molecule has 0 unspecified atom stereocenters. The van der Waals surface area contributed by atoms with Gasteiger partial charge in [-0.25, -0.2) is 0 Å². The fourth-order valence-corrected chi connectivity index (χ4v) is 1.60. The second kappa shape index (κ2) is 5.53. The van der Waals surface area contributed by atoms with Crippen molar-refractivity contribution in [3.63, 3.8) is 0 Å². The zero-order chi connectivity index (χ0) is 12.2. The molecule has 0 aliphatic heterocycles. The van der Waals surface area contributed by atoms with E-state index in [-0.39, 0.29) is 11.3 Å². The lowest BCUT2D eigenvalue weighted by Gasteiger charge is -2.32. The zero-order valence-electron chi connectivity index (χ0n) is 11.4. The van der Waals surface area contributed by atoms with E-state index in [4.69, 9.17) is 0 Å². The van der Waals surface area contributed by atoms with Crippen molar-refractivity contribution in [1.82, 2.24) is 4.90 Å². The summed E-state index contributed by atoms with van der Waals surface area (Å²) in [5.41, 5.74) is -0.260. The average Bonchev–Trinajstić information content (AvgIpc) is 1.98. The highest BCUT2D eigenvalue weighted by atomic mass is 16.2. The summed E-state index contributed by atoms with van der Waals surface area (Å²) < 4.78 is 0. The predicted octanol–water partition coefficient (Wildman–Crippen LogP) is 3.17. The van der Waals surface area contributed by atoms with Gasteiger partial charge in [-0.3, -0.25) is 4.79 Å². The highest BCUT2D eigenvalue weighted by Crippen LogP contribution is 2.19. The Bertz CT molecular complexity index is 191. The summed E-state index contributed by atoms with van der Waals surface area (Å²) in [5.74, 6) is 1.34. The lowest BCUT2D eigenvalue weighted by Crippen LogP contribution is -2.43. The Hall–Kier alpha value is -0.530. The van der Waals surface area contributed by atoms with E-state index in [0.717, 1.165) is 13.1 Å². The lowest BCUT2D eigenvalue weighted by atomic mass is 9.93. The second-order valence-corrected chi connectivity index (χ2v) is 6.25. The Labute approximate surface area is 95.0 Å². The van der Waals surface area contributed by atoms with E-state index in [2.05, 4.69) is 27.7 Å². The smallest absolute Gasteiger partial charge is 0.227 e. The van der Waals surface area contributed by atoms with Crippen molar-refractivity contribution in [1.29, 1.82) is 0 Å². The van der Waals surface area contributed by atoms with Gasteiger partial charge in [0.15, 0.2) is 0 Å². The third-order valence-electron chi connectivity index (χ3n) is 2.10. The molecule has 2 heteroatoms. The molecule has 0 radical (unpaired) electrons. The van der Waals surface area contributed by atoms with Gasteiger partial charge in [0, 0.05) is 18.5 Å². The molecule has 15 heavy (non-hydrogen) atoms. The fraction of sp³-hybridized carbons (Fsp3) is 0.923. The van der Waals surface area contributed by atoms with E-state index >= 15 is 0 Å². The molecule has 0 atom stereocenters. The zero-order valence-corrected chi connectivity index (χ0v) is 11.4. The van der Waals surface area contributed by atoms with E-state index in [9.17, 15) is 4.79 Å². The van der Waals surface area contributed by atoms with Crippen molar-refractivity contribution in [2.24, 2.45) is 17.3 Å². The Kier molecular flexibility index (Phi) is 5.33. The molecule has 0 aromatic rings. The van der Waals surface area contributed by atoms with Crippen LogP contribution >= 0.6 is 0 Å². The SMILES string of the molecule is CC(C)CN(CC(C)C)C(=O)C(C)(C)C. The van der Waals surface area contributed by atoms with Crippen LogP contribution in [-0.2, 0) is 4.79 Å². The molecule has 0 aromatic heterocycles. The van der Waals surface area contributed by atoms with E-state index in [0.29, 0.717) is 11.8 Å². The first-order valence-electron chi connectivity index (χ1n) is 5.94. The Morgan fingerprint density at radius 3 is 1.53 bits per heavy atom. The van der Waals surface area contributed by atoms with Gasteiger partial charge in [-0.15, -0.1) is 0 Å². The monoisotopic (exact) mass is 213 g/mol. The van der Waals surface area contributed by atoms with Gasteiger partial charge < -0.3 is 4.90 Å². The van der Waals surface area contributed by atoms with Crippen LogP contribution in [0.5, 0.6) is 0 Å². The summed E-state index contributed by atoms with van der Waals surface area (Å²) in [6.07, 6.45) is 0. The van der Waals surface area contributed by atoms with Crippen molar-refractivity contribution in [2.75, 3.05) is 13.1 Å². The molecule has 0 spiro atoms. The molecule has 0 saturated heterocycles. The molecule has 0 aliphatic rings. The summed E-state index contributed by atoms with van der Waals surface area (Å²) >= 11 is 0. The quantitative estimate of drug-likeness (QED) is 0.702. The topological polar surface area (TPSA) is 20.3 Å². The fourth-order valence-electron chi connectivity index (χ4n) is 1.60. The maximum Gasteiger partial charge on any atom is 0.227 e. The van der Waals surface area contributed by atoms with Gasteiger partial charge in [0.2, 0.25) is 5.91 Å². The number of carbonyl (C=O) groups excluding carboxylic acids is 1. The third-order valence-corrected chi connectivity index (χ3v) is 2.10.